The zero-order chi connectivity index (χ0) is 6.62. The number of nitrogens with zero attached hydrogens (tertiary/aromatic N) is 1. The highest BCUT2D eigenvalue weighted by atomic mass is 127. The third kappa shape index (κ3) is 2.70. The molecular weight excluding hydrogens is 342 g/mol. The first kappa shape index (κ1) is 9.26. The second kappa shape index (κ2) is 4.14. The molecule has 0 atom stereocenters. The van der Waals surface area contributed by atoms with Gasteiger partial charge in [0.1, 0.15) is 7.11 Å². The van der Waals surface area contributed by atoms with Gasteiger partial charge >= 0.3 is 0 Å². The van der Waals surface area contributed by atoms with E-state index in [1.54, 1.807) is 46.0 Å². The summed E-state index contributed by atoms with van der Waals surface area (Å²) in [4.78, 5) is 4.49. The van der Waals surface area contributed by atoms with Gasteiger partial charge in [-0.25, -0.2) is 0 Å². The smallest absolute Gasteiger partial charge is 0.112 e. The fraction of sp³-hybridized carbons (Fsp3) is 1.00. The molecule has 5 nitrogen and oxygen atoms in total. The van der Waals surface area contributed by atoms with E-state index in [1.807, 2.05) is 0 Å². The Bertz CT molecular complexity index is 58.0. The summed E-state index contributed by atoms with van der Waals surface area (Å²) in [7, 11) is 1.36. The molecule has 7 heteroatoms. The average Bonchev–Trinajstić information content (AvgIpc) is 1.87. The molecule has 0 saturated heterocycles. The molecule has 0 unspecified atom stereocenters. The van der Waals surface area contributed by atoms with E-state index in [4.69, 9.17) is 5.84 Å². The second-order valence-corrected chi connectivity index (χ2v) is 1.65. The Morgan fingerprint density at radius 2 is 1.75 bits per heavy atom. The van der Waals surface area contributed by atoms with E-state index in [0.717, 1.165) is 0 Å². The van der Waals surface area contributed by atoms with Crippen molar-refractivity contribution in [2.45, 2.75) is 0 Å². The summed E-state index contributed by atoms with van der Waals surface area (Å²) in [5.41, 5.74) is 0. The molecular formula is CH5I2N2O3+. The fourth-order valence-electron chi connectivity index (χ4n) is 0.0670. The summed E-state index contributed by atoms with van der Waals surface area (Å²) in [6, 6.07) is 0. The van der Waals surface area contributed by atoms with Crippen LogP contribution in [0.2, 0.25) is 0 Å². The molecule has 0 spiro atoms. The molecule has 0 amide bonds. The van der Waals surface area contributed by atoms with Crippen LogP contribution in [-0.2, 0) is 11.2 Å². The summed E-state index contributed by atoms with van der Waals surface area (Å²) < 4.78 is 8.94. The van der Waals surface area contributed by atoms with Crippen LogP contribution in [0, 0.1) is 0 Å². The summed E-state index contributed by atoms with van der Waals surface area (Å²) in [5.74, 6) is 5.15. The number of nitrogens with two attached hydrogens (primary N) is 1. The lowest BCUT2D eigenvalue weighted by atomic mass is 11.7. The minimum absolute atomic E-state index is 0.818. The van der Waals surface area contributed by atoms with Crippen LogP contribution in [0.25, 0.3) is 0 Å². The first-order valence-corrected chi connectivity index (χ1v) is 3.28. The number of hydrogen-bond donors (Lipinski definition) is 1. The quantitative estimate of drug-likeness (QED) is 0.355. The largest absolute Gasteiger partial charge is 0.202 e. The average molecular weight is 347 g/mol. The van der Waals surface area contributed by atoms with Crippen LogP contribution in [0.3, 0.4) is 0 Å². The molecule has 0 fully saturated rings. The summed E-state index contributed by atoms with van der Waals surface area (Å²) >= 11 is 3.12. The van der Waals surface area contributed by atoms with E-state index in [9.17, 15) is 0 Å². The van der Waals surface area contributed by atoms with Gasteiger partial charge in [-0.3, -0.25) is 0 Å². The molecule has 0 heterocycles. The van der Waals surface area contributed by atoms with Gasteiger partial charge in [-0.1, -0.05) is 5.84 Å². The molecule has 0 rings (SSSR count). The van der Waals surface area contributed by atoms with Crippen molar-refractivity contribution < 1.29 is 16.3 Å². The Morgan fingerprint density at radius 3 is 1.75 bits per heavy atom. The van der Waals surface area contributed by atoms with Crippen molar-refractivity contribution in [3.8, 4) is 0 Å². The Hall–Kier alpha value is 1.26. The van der Waals surface area contributed by atoms with Crippen LogP contribution in [0.1, 0.15) is 0 Å². The first-order valence-electron chi connectivity index (χ1n) is 1.52. The minimum Gasteiger partial charge on any atom is -0.112 e. The van der Waals surface area contributed by atoms with Crippen LogP contribution in [0.4, 0.5) is 0 Å². The van der Waals surface area contributed by atoms with Crippen LogP contribution in [0.5, 0.6) is 0 Å². The number of rotatable bonds is 3. The van der Waals surface area contributed by atoms with Crippen molar-refractivity contribution in [3.63, 3.8) is 0 Å². The summed E-state index contributed by atoms with van der Waals surface area (Å²) in [6.07, 6.45) is 0. The first-order chi connectivity index (χ1) is 3.68. The Kier molecular flexibility index (Phi) is 4.79. The molecule has 0 radical (unpaired) electrons. The van der Waals surface area contributed by atoms with Crippen molar-refractivity contribution in [2.75, 3.05) is 7.11 Å². The molecule has 50 valence electrons. The molecule has 0 aliphatic carbocycles. The molecule has 0 aromatic heterocycles. The van der Waals surface area contributed by atoms with Gasteiger partial charge in [0.15, 0.2) is 5.08 Å². The van der Waals surface area contributed by atoms with Gasteiger partial charge in [0.05, 0.1) is 0 Å². The monoisotopic (exact) mass is 347 g/mol. The Labute approximate surface area is 74.8 Å². The van der Waals surface area contributed by atoms with Gasteiger partial charge in [-0.05, 0) is 6.33 Å². The highest BCUT2D eigenvalue weighted by Crippen LogP contribution is 2.09. The Morgan fingerprint density at radius 1 is 1.38 bits per heavy atom. The molecule has 0 aromatic rings. The molecule has 0 saturated carbocycles. The highest BCUT2D eigenvalue weighted by molar-refractivity contribution is 14.1. The lowest BCUT2D eigenvalue weighted by Crippen LogP contribution is -2.48. The Balaban J connectivity index is 3.58. The molecule has 0 aliphatic heterocycles. The zero-order valence-corrected chi connectivity index (χ0v) is 8.32. The van der Waals surface area contributed by atoms with Gasteiger partial charge < -0.3 is 0 Å². The maximum absolute atomic E-state index is 5.15. The lowest BCUT2D eigenvalue weighted by Gasteiger charge is -2.13. The third-order valence-electron chi connectivity index (χ3n) is 0.447. The topological polar surface area (TPSA) is 53.7 Å². The summed E-state index contributed by atoms with van der Waals surface area (Å²) in [5, 5.41) is -0.818. The minimum atomic E-state index is -0.818. The third-order valence-corrected chi connectivity index (χ3v) is 1.54. The molecule has 0 bridgehead atoms. The highest BCUT2D eigenvalue weighted by Gasteiger charge is 2.26. The van der Waals surface area contributed by atoms with Crippen LogP contribution in [0.15, 0.2) is 0 Å². The van der Waals surface area contributed by atoms with Crippen molar-refractivity contribution in [3.05, 3.63) is 0 Å². The number of halogens is 2. The molecule has 0 aliphatic rings. The SMILES string of the molecule is CO[N+](N)(OI)OI. The fourth-order valence-corrected chi connectivity index (χ4v) is 0.857. The van der Waals surface area contributed by atoms with E-state index < -0.39 is 5.08 Å². The van der Waals surface area contributed by atoms with Gasteiger partial charge in [-0.15, -0.1) is 4.84 Å². The predicted molar refractivity (Wildman–Crippen MR) is 41.7 cm³/mol. The van der Waals surface area contributed by atoms with Crippen LogP contribution >= 0.6 is 46.0 Å². The number of hydrogen-bond acceptors (Lipinski definition) is 4. The number of quaternary nitrogens is 1. The van der Waals surface area contributed by atoms with Crippen molar-refractivity contribution >= 4 is 46.0 Å². The molecule has 2 N–H and O–H groups in total. The lowest BCUT2D eigenvalue weighted by molar-refractivity contribution is -1.33. The van der Waals surface area contributed by atoms with Gasteiger partial charge in [-0.2, -0.15) is 0 Å². The van der Waals surface area contributed by atoms with Crippen LogP contribution < -0.4 is 5.84 Å². The van der Waals surface area contributed by atoms with Crippen molar-refractivity contribution in [1.82, 2.24) is 0 Å². The van der Waals surface area contributed by atoms with Gasteiger partial charge in [0, 0.05) is 0 Å². The predicted octanol–water partition coefficient (Wildman–Crippen LogP) is 0.802. The zero-order valence-electron chi connectivity index (χ0n) is 4.01. The van der Waals surface area contributed by atoms with Gasteiger partial charge in [0.2, 0.25) is 46.0 Å². The van der Waals surface area contributed by atoms with Crippen LogP contribution in [-0.4, -0.2) is 12.2 Å². The molecule has 0 aromatic carbocycles. The second-order valence-electron chi connectivity index (χ2n) is 0.860. The van der Waals surface area contributed by atoms with E-state index in [0.29, 0.717) is 0 Å². The van der Waals surface area contributed by atoms with Gasteiger partial charge in [0.25, 0.3) is 0 Å². The van der Waals surface area contributed by atoms with Crippen molar-refractivity contribution in [2.24, 2.45) is 5.84 Å². The standard InChI is InChI=1S/CH5I2N2O3/c1-6-5(4,7-2)8-3/h4H2,1H3/q+1. The summed E-state index contributed by atoms with van der Waals surface area (Å²) in [6.45, 7) is 0. The normalized spacial score (nSPS) is 12.0. The maximum atomic E-state index is 5.15. The van der Waals surface area contributed by atoms with Crippen molar-refractivity contribution in [1.29, 1.82) is 0 Å². The molecule has 8 heavy (non-hydrogen) atoms. The van der Waals surface area contributed by atoms with E-state index >= 15 is 0 Å². The van der Waals surface area contributed by atoms with E-state index in [2.05, 4.69) is 11.2 Å². The van der Waals surface area contributed by atoms with E-state index in [-0.39, 0.29) is 0 Å². The maximum Gasteiger partial charge on any atom is 0.202 e. The van der Waals surface area contributed by atoms with E-state index in [1.165, 1.54) is 7.11 Å².